The van der Waals surface area contributed by atoms with E-state index >= 15 is 0 Å². The fourth-order valence-electron chi connectivity index (χ4n) is 2.48. The zero-order valence-corrected chi connectivity index (χ0v) is 13.0. The van der Waals surface area contributed by atoms with Crippen molar-refractivity contribution in [1.29, 1.82) is 0 Å². The van der Waals surface area contributed by atoms with Crippen molar-refractivity contribution in [2.75, 3.05) is 0 Å². The number of hydrogen-bond donors (Lipinski definition) is 1. The van der Waals surface area contributed by atoms with E-state index in [-0.39, 0.29) is 29.0 Å². The van der Waals surface area contributed by atoms with Gasteiger partial charge in [-0.15, -0.1) is 0 Å². The normalized spacial score (nSPS) is 11.7. The van der Waals surface area contributed by atoms with Crippen molar-refractivity contribution in [3.63, 3.8) is 0 Å². The second-order valence-corrected chi connectivity index (χ2v) is 5.41. The molecule has 25 heavy (non-hydrogen) atoms. The number of ether oxygens (including phenoxy) is 1. The molecule has 130 valence electrons. The summed E-state index contributed by atoms with van der Waals surface area (Å²) in [5.74, 6) is -2.39. The number of carboxylic acid groups (broad SMARTS) is 1. The summed E-state index contributed by atoms with van der Waals surface area (Å²) in [4.78, 5) is 14.9. The molecule has 0 saturated heterocycles. The lowest BCUT2D eigenvalue weighted by atomic mass is 10.2. The van der Waals surface area contributed by atoms with Gasteiger partial charge in [0.15, 0.2) is 0 Å². The number of aromatic nitrogens is 2. The van der Waals surface area contributed by atoms with Crippen molar-refractivity contribution in [2.24, 2.45) is 7.05 Å². The third-order valence-corrected chi connectivity index (χ3v) is 3.69. The van der Waals surface area contributed by atoms with Crippen LogP contribution in [-0.4, -0.2) is 20.6 Å². The summed E-state index contributed by atoms with van der Waals surface area (Å²) in [6, 6.07) is 11.3. The van der Waals surface area contributed by atoms with E-state index in [1.54, 1.807) is 24.3 Å². The second kappa shape index (κ2) is 6.12. The van der Waals surface area contributed by atoms with Crippen LogP contribution in [0.1, 0.15) is 21.7 Å². The van der Waals surface area contributed by atoms with Gasteiger partial charge in [-0.25, -0.2) is 9.78 Å². The van der Waals surface area contributed by atoms with Crippen molar-refractivity contribution in [3.05, 3.63) is 59.4 Å². The third kappa shape index (κ3) is 3.28. The van der Waals surface area contributed by atoms with Crippen molar-refractivity contribution in [1.82, 2.24) is 9.55 Å². The molecule has 1 N–H and O–H groups in total. The van der Waals surface area contributed by atoms with Gasteiger partial charge < -0.3 is 14.4 Å². The molecule has 1 heterocycles. The van der Waals surface area contributed by atoms with E-state index in [9.17, 15) is 23.1 Å². The predicted molar refractivity (Wildman–Crippen MR) is 83.4 cm³/mol. The van der Waals surface area contributed by atoms with Crippen molar-refractivity contribution < 1.29 is 27.8 Å². The van der Waals surface area contributed by atoms with E-state index in [1.807, 2.05) is 6.07 Å². The first-order valence-electron chi connectivity index (χ1n) is 7.25. The van der Waals surface area contributed by atoms with E-state index in [2.05, 4.69) is 4.98 Å². The number of imidazole rings is 1. The Morgan fingerprint density at radius 1 is 1.24 bits per heavy atom. The molecule has 0 aliphatic rings. The number of nitrogens with zero attached hydrogens (tertiary/aromatic N) is 2. The van der Waals surface area contributed by atoms with Crippen LogP contribution in [0.15, 0.2) is 42.5 Å². The standard InChI is InChI=1S/C17H13F3N2O3/c1-22-12-7-11(15(23)24)8-13(14(12)21-16(22)17(18,19)20)25-9-10-5-3-2-4-6-10/h2-8H,9H2,1H3,(H,23,24). The van der Waals surface area contributed by atoms with Crippen molar-refractivity contribution in [2.45, 2.75) is 12.8 Å². The first-order valence-corrected chi connectivity index (χ1v) is 7.25. The fourth-order valence-corrected chi connectivity index (χ4v) is 2.48. The van der Waals surface area contributed by atoms with Crippen LogP contribution in [0.3, 0.4) is 0 Å². The lowest BCUT2D eigenvalue weighted by Crippen LogP contribution is -2.12. The highest BCUT2D eigenvalue weighted by atomic mass is 19.4. The van der Waals surface area contributed by atoms with E-state index in [0.29, 0.717) is 0 Å². The Kier molecular flexibility index (Phi) is 4.12. The maximum absolute atomic E-state index is 13.1. The quantitative estimate of drug-likeness (QED) is 0.776. The molecule has 0 atom stereocenters. The molecule has 0 radical (unpaired) electrons. The first kappa shape index (κ1) is 16.8. The molecule has 0 amide bonds. The molecule has 0 saturated carbocycles. The van der Waals surface area contributed by atoms with Gasteiger partial charge in [0.05, 0.1) is 11.1 Å². The molecule has 8 heteroatoms. The molecule has 0 bridgehead atoms. The zero-order valence-electron chi connectivity index (χ0n) is 13.0. The molecule has 3 aromatic rings. The first-order chi connectivity index (χ1) is 11.8. The molecule has 3 rings (SSSR count). The van der Waals surface area contributed by atoms with Crippen LogP contribution < -0.4 is 4.74 Å². The molecule has 2 aromatic carbocycles. The Labute approximate surface area is 140 Å². The van der Waals surface area contributed by atoms with E-state index in [1.165, 1.54) is 13.1 Å². The Morgan fingerprint density at radius 2 is 1.92 bits per heavy atom. The van der Waals surface area contributed by atoms with Crippen LogP contribution in [0.4, 0.5) is 13.2 Å². The largest absolute Gasteiger partial charge is 0.487 e. The van der Waals surface area contributed by atoms with Crippen LogP contribution in [0, 0.1) is 0 Å². The highest BCUT2D eigenvalue weighted by Gasteiger charge is 2.37. The number of carbonyl (C=O) groups is 1. The fraction of sp³-hybridized carbons (Fsp3) is 0.176. The van der Waals surface area contributed by atoms with Gasteiger partial charge in [-0.05, 0) is 17.7 Å². The van der Waals surface area contributed by atoms with Crippen LogP contribution >= 0.6 is 0 Å². The number of alkyl halides is 3. The maximum atomic E-state index is 13.1. The van der Waals surface area contributed by atoms with E-state index in [0.717, 1.165) is 16.2 Å². The Balaban J connectivity index is 2.10. The van der Waals surface area contributed by atoms with E-state index in [4.69, 9.17) is 4.74 Å². The molecular weight excluding hydrogens is 337 g/mol. The molecule has 5 nitrogen and oxygen atoms in total. The third-order valence-electron chi connectivity index (χ3n) is 3.69. The summed E-state index contributed by atoms with van der Waals surface area (Å²) >= 11 is 0. The minimum atomic E-state index is -4.66. The number of aryl methyl sites for hydroxylation is 1. The van der Waals surface area contributed by atoms with Crippen LogP contribution in [0.2, 0.25) is 0 Å². The minimum Gasteiger partial charge on any atom is -0.487 e. The second-order valence-electron chi connectivity index (χ2n) is 5.41. The number of benzene rings is 2. The Morgan fingerprint density at radius 3 is 2.52 bits per heavy atom. The smallest absolute Gasteiger partial charge is 0.449 e. The lowest BCUT2D eigenvalue weighted by molar-refractivity contribution is -0.146. The lowest BCUT2D eigenvalue weighted by Gasteiger charge is -2.08. The summed E-state index contributed by atoms with van der Waals surface area (Å²) in [6.07, 6.45) is -4.66. The number of rotatable bonds is 4. The summed E-state index contributed by atoms with van der Waals surface area (Å²) < 4.78 is 45.7. The van der Waals surface area contributed by atoms with Gasteiger partial charge in [0.25, 0.3) is 0 Å². The molecular formula is C17H13F3N2O3. The number of hydrogen-bond acceptors (Lipinski definition) is 3. The van der Waals surface area contributed by atoms with Crippen molar-refractivity contribution in [3.8, 4) is 5.75 Å². The van der Waals surface area contributed by atoms with Gasteiger partial charge >= 0.3 is 12.1 Å². The molecule has 1 aromatic heterocycles. The van der Waals surface area contributed by atoms with E-state index < -0.39 is 18.0 Å². The number of halogens is 3. The summed E-state index contributed by atoms with van der Waals surface area (Å²) in [5, 5.41) is 9.20. The number of carboxylic acids is 1. The minimum absolute atomic E-state index is 0.00940. The molecule has 0 fully saturated rings. The number of fused-ring (bicyclic) bond motifs is 1. The topological polar surface area (TPSA) is 64.4 Å². The monoisotopic (exact) mass is 350 g/mol. The van der Waals surface area contributed by atoms with Crippen molar-refractivity contribution >= 4 is 17.0 Å². The molecule has 0 spiro atoms. The SMILES string of the molecule is Cn1c(C(F)(F)F)nc2c(OCc3ccccc3)cc(C(=O)O)cc21. The van der Waals surface area contributed by atoms with Gasteiger partial charge in [-0.2, -0.15) is 13.2 Å². The van der Waals surface area contributed by atoms with Gasteiger partial charge in [-0.3, -0.25) is 0 Å². The summed E-state index contributed by atoms with van der Waals surface area (Å²) in [6.45, 7) is 0.0803. The van der Waals surface area contributed by atoms with Gasteiger partial charge in [0.2, 0.25) is 5.82 Å². The molecule has 0 aliphatic heterocycles. The molecule has 0 aliphatic carbocycles. The summed E-state index contributed by atoms with van der Waals surface area (Å²) in [5.41, 5.74) is 0.627. The van der Waals surface area contributed by atoms with Gasteiger partial charge in [0.1, 0.15) is 17.9 Å². The van der Waals surface area contributed by atoms with Gasteiger partial charge in [-0.1, -0.05) is 30.3 Å². The average Bonchev–Trinajstić information content (AvgIpc) is 2.91. The molecule has 0 unspecified atom stereocenters. The maximum Gasteiger partial charge on any atom is 0.449 e. The Bertz CT molecular complexity index is 934. The van der Waals surface area contributed by atoms with Crippen LogP contribution in [0.25, 0.3) is 11.0 Å². The zero-order chi connectivity index (χ0) is 18.2. The average molecular weight is 350 g/mol. The highest BCUT2D eigenvalue weighted by Crippen LogP contribution is 2.35. The predicted octanol–water partition coefficient (Wildman–Crippen LogP) is 3.87. The Hall–Kier alpha value is -3.03. The van der Waals surface area contributed by atoms with Gasteiger partial charge in [0, 0.05) is 7.05 Å². The van der Waals surface area contributed by atoms with Crippen LogP contribution in [-0.2, 0) is 19.8 Å². The number of aromatic carboxylic acids is 1. The highest BCUT2D eigenvalue weighted by molar-refractivity contribution is 5.95. The summed E-state index contributed by atoms with van der Waals surface area (Å²) in [7, 11) is 1.19. The van der Waals surface area contributed by atoms with Crippen LogP contribution in [0.5, 0.6) is 5.75 Å².